The molecule has 1 aromatic heterocycles. The highest BCUT2D eigenvalue weighted by molar-refractivity contribution is 5.91. The normalized spacial score (nSPS) is 19.4. The van der Waals surface area contributed by atoms with Crippen LogP contribution in [0.5, 0.6) is 0 Å². The van der Waals surface area contributed by atoms with Crippen molar-refractivity contribution in [3.05, 3.63) is 140 Å². The Balaban J connectivity index is 1.52. The minimum Gasteiger partial charge on any atom is -0.459 e. The van der Waals surface area contributed by atoms with E-state index in [4.69, 9.17) is 18.9 Å². The van der Waals surface area contributed by atoms with Crippen molar-refractivity contribution in [1.29, 1.82) is 0 Å². The van der Waals surface area contributed by atoms with Crippen LogP contribution in [0, 0.1) is 0 Å². The van der Waals surface area contributed by atoms with E-state index in [0.29, 0.717) is 6.07 Å². The lowest BCUT2D eigenvalue weighted by molar-refractivity contribution is -0.137. The van der Waals surface area contributed by atoms with Crippen LogP contribution in [0.3, 0.4) is 0 Å². The summed E-state index contributed by atoms with van der Waals surface area (Å²) in [4.78, 5) is 65.6. The molecule has 232 valence electrons. The molecule has 1 saturated heterocycles. The van der Waals surface area contributed by atoms with Gasteiger partial charge in [0.1, 0.15) is 12.7 Å². The average molecular weight is 625 g/mol. The Hall–Kier alpha value is -5.50. The maximum Gasteiger partial charge on any atom is 0.416 e. The molecule has 2 heterocycles. The first-order valence-corrected chi connectivity index (χ1v) is 13.3. The second-order valence-electron chi connectivity index (χ2n) is 9.73. The first-order valence-electron chi connectivity index (χ1n) is 13.3. The van der Waals surface area contributed by atoms with E-state index in [2.05, 4.69) is 0 Å². The second-order valence-corrected chi connectivity index (χ2v) is 9.73. The largest absolute Gasteiger partial charge is 0.459 e. The molecule has 4 atom stereocenters. The number of nitrogens with zero attached hydrogens (tertiary/aromatic N) is 1. The number of hydrogen-bond acceptors (Lipinski definition) is 9. The highest BCUT2D eigenvalue weighted by atomic mass is 19.4. The zero-order valence-corrected chi connectivity index (χ0v) is 23.0. The first kappa shape index (κ1) is 30.9. The van der Waals surface area contributed by atoms with E-state index in [1.807, 2.05) is 4.98 Å². The Bertz CT molecular complexity index is 1810. The molecule has 0 unspecified atom stereocenters. The summed E-state index contributed by atoms with van der Waals surface area (Å²) < 4.78 is 63.5. The predicted octanol–water partition coefficient (Wildman–Crippen LogP) is 3.76. The molecule has 3 aromatic carbocycles. The van der Waals surface area contributed by atoms with Gasteiger partial charge in [0.05, 0.1) is 22.3 Å². The van der Waals surface area contributed by atoms with Gasteiger partial charge in [-0.15, -0.1) is 0 Å². The van der Waals surface area contributed by atoms with Crippen LogP contribution in [0.2, 0.25) is 0 Å². The van der Waals surface area contributed by atoms with Gasteiger partial charge in [-0.05, 0) is 42.5 Å². The Morgan fingerprint density at radius 2 is 1.33 bits per heavy atom. The molecule has 1 aliphatic heterocycles. The van der Waals surface area contributed by atoms with Gasteiger partial charge in [-0.3, -0.25) is 14.3 Å². The van der Waals surface area contributed by atoms with Gasteiger partial charge in [-0.2, -0.15) is 13.2 Å². The molecule has 45 heavy (non-hydrogen) atoms. The summed E-state index contributed by atoms with van der Waals surface area (Å²) in [6.07, 6.45) is -9.90. The molecule has 0 aliphatic carbocycles. The third-order valence-corrected chi connectivity index (χ3v) is 6.72. The van der Waals surface area contributed by atoms with Crippen molar-refractivity contribution in [2.24, 2.45) is 0 Å². The van der Waals surface area contributed by atoms with E-state index in [-0.39, 0.29) is 11.1 Å². The van der Waals surface area contributed by atoms with Crippen molar-refractivity contribution in [3.63, 3.8) is 0 Å². The van der Waals surface area contributed by atoms with Crippen LogP contribution >= 0.6 is 0 Å². The minimum absolute atomic E-state index is 0.0881. The zero-order valence-electron chi connectivity index (χ0n) is 23.0. The molecule has 1 aliphatic rings. The SMILES string of the molecule is O=C(OC[C@H]1O[C@@H](n2ccc(=O)[nH]c2=O)[C@H](OC(=O)c2cccc(C(F)(F)F)c2)[C@@H]1OC(=O)c1ccccc1)c1ccccc1. The number of alkyl halides is 3. The number of esters is 3. The van der Waals surface area contributed by atoms with Crippen LogP contribution in [0.1, 0.15) is 42.9 Å². The number of halogens is 3. The molecule has 0 bridgehead atoms. The Morgan fingerprint density at radius 3 is 1.96 bits per heavy atom. The van der Waals surface area contributed by atoms with Crippen LogP contribution in [0.4, 0.5) is 13.2 Å². The lowest BCUT2D eigenvalue weighted by Crippen LogP contribution is -2.43. The van der Waals surface area contributed by atoms with Crippen LogP contribution < -0.4 is 11.2 Å². The molecule has 11 nitrogen and oxygen atoms in total. The molecular formula is C31H23F3N2O9. The molecule has 1 N–H and O–H groups in total. The molecule has 1 fully saturated rings. The molecule has 14 heteroatoms. The maximum absolute atomic E-state index is 13.3. The first-order chi connectivity index (χ1) is 21.5. The van der Waals surface area contributed by atoms with Gasteiger partial charge in [0.15, 0.2) is 18.4 Å². The minimum atomic E-state index is -4.76. The van der Waals surface area contributed by atoms with E-state index in [1.54, 1.807) is 36.4 Å². The van der Waals surface area contributed by atoms with E-state index < -0.39 is 77.6 Å². The highest BCUT2D eigenvalue weighted by Gasteiger charge is 2.51. The molecule has 0 spiro atoms. The zero-order chi connectivity index (χ0) is 32.1. The fourth-order valence-electron chi connectivity index (χ4n) is 4.56. The van der Waals surface area contributed by atoms with Crippen LogP contribution in [-0.4, -0.2) is 52.4 Å². The van der Waals surface area contributed by atoms with Crippen LogP contribution in [0.25, 0.3) is 0 Å². The quantitative estimate of drug-likeness (QED) is 0.229. The number of benzene rings is 3. The summed E-state index contributed by atoms with van der Waals surface area (Å²) >= 11 is 0. The summed E-state index contributed by atoms with van der Waals surface area (Å²) in [6.45, 7) is -0.563. The third-order valence-electron chi connectivity index (χ3n) is 6.72. The van der Waals surface area contributed by atoms with Crippen molar-refractivity contribution in [2.75, 3.05) is 6.61 Å². The Labute approximate surface area is 251 Å². The van der Waals surface area contributed by atoms with Crippen LogP contribution in [-0.2, 0) is 25.1 Å². The van der Waals surface area contributed by atoms with Crippen molar-refractivity contribution in [2.45, 2.75) is 30.7 Å². The number of rotatable bonds is 8. The number of aromatic nitrogens is 2. The number of ether oxygens (including phenoxy) is 4. The molecule has 5 rings (SSSR count). The van der Waals surface area contributed by atoms with E-state index in [1.165, 1.54) is 24.3 Å². The number of carbonyl (C=O) groups is 3. The van der Waals surface area contributed by atoms with E-state index >= 15 is 0 Å². The molecule has 0 radical (unpaired) electrons. The van der Waals surface area contributed by atoms with Crippen molar-refractivity contribution < 1.29 is 46.5 Å². The van der Waals surface area contributed by atoms with Gasteiger partial charge in [-0.1, -0.05) is 42.5 Å². The lowest BCUT2D eigenvalue weighted by Gasteiger charge is -2.25. The standard InChI is InChI=1S/C31H23F3N2O9/c32-31(33,34)21-13-7-12-20(16-21)29(40)45-25-24(44-28(39)19-10-5-2-6-11-19)22(17-42-27(38)18-8-3-1-4-9-18)43-26(25)36-15-14-23(37)35-30(36)41/h1-16,22,24-26H,17H2,(H,35,37,41)/t22-,24-,25-,26-/m1/s1. The smallest absolute Gasteiger partial charge is 0.416 e. The molecule has 4 aromatic rings. The molecular weight excluding hydrogens is 601 g/mol. The topological polar surface area (TPSA) is 143 Å². The fourth-order valence-corrected chi connectivity index (χ4v) is 4.56. The van der Waals surface area contributed by atoms with Gasteiger partial charge in [0.25, 0.3) is 5.56 Å². The van der Waals surface area contributed by atoms with Crippen molar-refractivity contribution in [3.8, 4) is 0 Å². The number of carbonyl (C=O) groups excluding carboxylic acids is 3. The van der Waals surface area contributed by atoms with Gasteiger partial charge < -0.3 is 18.9 Å². The number of hydrogen-bond donors (Lipinski definition) is 1. The second kappa shape index (κ2) is 13.0. The monoisotopic (exact) mass is 624 g/mol. The highest BCUT2D eigenvalue weighted by Crippen LogP contribution is 2.35. The van der Waals surface area contributed by atoms with E-state index in [9.17, 15) is 37.1 Å². The summed E-state index contributed by atoms with van der Waals surface area (Å²) in [5.74, 6) is -2.94. The number of aromatic amines is 1. The van der Waals surface area contributed by atoms with Gasteiger partial charge in [0, 0.05) is 12.3 Å². The van der Waals surface area contributed by atoms with Crippen molar-refractivity contribution in [1.82, 2.24) is 9.55 Å². The van der Waals surface area contributed by atoms with Gasteiger partial charge in [-0.25, -0.2) is 19.2 Å². The fraction of sp³-hybridized carbons (Fsp3) is 0.194. The number of H-pyrrole nitrogens is 1. The predicted molar refractivity (Wildman–Crippen MR) is 148 cm³/mol. The number of nitrogens with one attached hydrogen (secondary N) is 1. The average Bonchev–Trinajstić information content (AvgIpc) is 3.36. The summed E-state index contributed by atoms with van der Waals surface area (Å²) in [7, 11) is 0. The van der Waals surface area contributed by atoms with Gasteiger partial charge >= 0.3 is 29.8 Å². The summed E-state index contributed by atoms with van der Waals surface area (Å²) in [5.41, 5.74) is -3.09. The maximum atomic E-state index is 13.3. The van der Waals surface area contributed by atoms with Crippen LogP contribution in [0.15, 0.2) is 107 Å². The van der Waals surface area contributed by atoms with Gasteiger partial charge in [0.2, 0.25) is 0 Å². The molecule has 0 saturated carbocycles. The Morgan fingerprint density at radius 1 is 0.756 bits per heavy atom. The summed E-state index contributed by atoms with van der Waals surface area (Å²) in [5, 5.41) is 0. The summed E-state index contributed by atoms with van der Waals surface area (Å²) in [6, 6.07) is 19.9. The third kappa shape index (κ3) is 7.18. The van der Waals surface area contributed by atoms with E-state index in [0.717, 1.165) is 35.0 Å². The lowest BCUT2D eigenvalue weighted by atomic mass is 10.1. The Kier molecular flexibility index (Phi) is 8.95. The molecule has 0 amide bonds. The van der Waals surface area contributed by atoms with Crippen molar-refractivity contribution >= 4 is 17.9 Å².